The number of furan rings is 1. The molecule has 7 heteroatoms. The highest BCUT2D eigenvalue weighted by molar-refractivity contribution is 7.80. The maximum Gasteiger partial charge on any atom is 0.250 e. The van der Waals surface area contributed by atoms with Crippen molar-refractivity contribution in [3.05, 3.63) is 81.5 Å². The minimum Gasteiger partial charge on any atom is -0.457 e. The molecule has 0 atom stereocenters. The number of anilines is 1. The first-order valence-electron chi connectivity index (χ1n) is 8.75. The lowest BCUT2D eigenvalue weighted by Gasteiger charge is -2.13. The molecular formula is C22H18Cl2N2O2S. The summed E-state index contributed by atoms with van der Waals surface area (Å²) in [6.07, 6.45) is 2.90. The van der Waals surface area contributed by atoms with E-state index in [0.717, 1.165) is 16.8 Å². The van der Waals surface area contributed by atoms with Gasteiger partial charge in [0.25, 0.3) is 0 Å². The van der Waals surface area contributed by atoms with E-state index in [1.54, 1.807) is 30.3 Å². The molecular weight excluding hydrogens is 427 g/mol. The van der Waals surface area contributed by atoms with E-state index < -0.39 is 0 Å². The van der Waals surface area contributed by atoms with Crippen LogP contribution in [0.5, 0.6) is 0 Å². The summed E-state index contributed by atoms with van der Waals surface area (Å²) in [5.74, 6) is 0.692. The van der Waals surface area contributed by atoms with Crippen LogP contribution in [0, 0.1) is 13.8 Å². The van der Waals surface area contributed by atoms with Gasteiger partial charge in [-0.3, -0.25) is 10.1 Å². The van der Waals surface area contributed by atoms with E-state index >= 15 is 0 Å². The molecule has 0 aliphatic heterocycles. The van der Waals surface area contributed by atoms with E-state index in [-0.39, 0.29) is 11.0 Å². The molecule has 2 N–H and O–H groups in total. The summed E-state index contributed by atoms with van der Waals surface area (Å²) >= 11 is 17.5. The first kappa shape index (κ1) is 21.1. The van der Waals surface area contributed by atoms with Crippen LogP contribution in [0.4, 0.5) is 5.69 Å². The van der Waals surface area contributed by atoms with E-state index in [9.17, 15) is 4.79 Å². The van der Waals surface area contributed by atoms with Crippen molar-refractivity contribution in [2.75, 3.05) is 5.32 Å². The Morgan fingerprint density at radius 1 is 1.03 bits per heavy atom. The highest BCUT2D eigenvalue weighted by atomic mass is 35.5. The fourth-order valence-electron chi connectivity index (χ4n) is 2.75. The molecule has 0 saturated heterocycles. The fourth-order valence-corrected chi connectivity index (χ4v) is 3.35. The lowest BCUT2D eigenvalue weighted by Crippen LogP contribution is -2.33. The summed E-state index contributed by atoms with van der Waals surface area (Å²) in [5, 5.41) is 6.77. The van der Waals surface area contributed by atoms with Crippen molar-refractivity contribution < 1.29 is 9.21 Å². The number of thiocarbonyl (C=S) groups is 1. The maximum atomic E-state index is 12.2. The van der Waals surface area contributed by atoms with Gasteiger partial charge in [-0.05, 0) is 67.5 Å². The van der Waals surface area contributed by atoms with Crippen LogP contribution in [0.15, 0.2) is 59.0 Å². The molecule has 148 valence electrons. The number of aryl methyl sites for hydroxylation is 2. The monoisotopic (exact) mass is 444 g/mol. The number of rotatable bonds is 4. The number of para-hydroxylation sites is 1. The van der Waals surface area contributed by atoms with Gasteiger partial charge in [0.2, 0.25) is 5.91 Å². The predicted octanol–water partition coefficient (Wildman–Crippen LogP) is 6.40. The van der Waals surface area contributed by atoms with Gasteiger partial charge in [-0.1, -0.05) is 47.5 Å². The Kier molecular flexibility index (Phi) is 6.75. The van der Waals surface area contributed by atoms with Gasteiger partial charge >= 0.3 is 0 Å². The van der Waals surface area contributed by atoms with E-state index in [4.69, 9.17) is 39.8 Å². The highest BCUT2D eigenvalue weighted by Crippen LogP contribution is 2.34. The standard InChI is InChI=1S/C22H18Cl2N2O2S/c1-13-5-3-6-14(2)21(13)26-22(29)25-19(27)12-10-15-9-11-18(28-15)16-7-4-8-17(23)20(16)24/h3-12H,1-2H3,(H2,25,26,27,29). The number of hydrogen-bond acceptors (Lipinski definition) is 3. The van der Waals surface area contributed by atoms with E-state index in [0.29, 0.717) is 27.1 Å². The minimum atomic E-state index is -0.368. The van der Waals surface area contributed by atoms with E-state index in [1.165, 1.54) is 6.08 Å². The third-order valence-electron chi connectivity index (χ3n) is 4.20. The summed E-state index contributed by atoms with van der Waals surface area (Å²) in [6, 6.07) is 14.7. The van der Waals surface area contributed by atoms with Gasteiger partial charge in [-0.25, -0.2) is 0 Å². The van der Waals surface area contributed by atoms with Crippen LogP contribution in [0.2, 0.25) is 10.0 Å². The van der Waals surface area contributed by atoms with Gasteiger partial charge in [0.1, 0.15) is 11.5 Å². The van der Waals surface area contributed by atoms with Gasteiger partial charge < -0.3 is 9.73 Å². The molecule has 2 aromatic carbocycles. The molecule has 0 aliphatic rings. The largest absolute Gasteiger partial charge is 0.457 e. The number of nitrogens with one attached hydrogen (secondary N) is 2. The second kappa shape index (κ2) is 9.27. The van der Waals surface area contributed by atoms with Crippen molar-refractivity contribution in [2.24, 2.45) is 0 Å². The Balaban J connectivity index is 1.63. The molecule has 1 aromatic heterocycles. The first-order chi connectivity index (χ1) is 13.8. The van der Waals surface area contributed by atoms with Gasteiger partial charge in [0.15, 0.2) is 5.11 Å². The Morgan fingerprint density at radius 2 is 1.72 bits per heavy atom. The predicted molar refractivity (Wildman–Crippen MR) is 123 cm³/mol. The van der Waals surface area contributed by atoms with Gasteiger partial charge in [-0.15, -0.1) is 0 Å². The van der Waals surface area contributed by atoms with Gasteiger partial charge in [0.05, 0.1) is 10.0 Å². The van der Waals surface area contributed by atoms with Crippen molar-refractivity contribution in [3.8, 4) is 11.3 Å². The summed E-state index contributed by atoms with van der Waals surface area (Å²) in [4.78, 5) is 12.2. The SMILES string of the molecule is Cc1cccc(C)c1NC(=S)NC(=O)C=Cc1ccc(-c2cccc(Cl)c2Cl)o1. The van der Waals surface area contributed by atoms with E-state index in [2.05, 4.69) is 10.6 Å². The molecule has 0 bridgehead atoms. The number of amides is 1. The molecule has 0 unspecified atom stereocenters. The quantitative estimate of drug-likeness (QED) is 0.361. The average molecular weight is 445 g/mol. The van der Waals surface area contributed by atoms with Crippen LogP contribution < -0.4 is 10.6 Å². The number of carbonyl (C=O) groups excluding carboxylic acids is 1. The normalized spacial score (nSPS) is 10.9. The van der Waals surface area contributed by atoms with Crippen LogP contribution >= 0.6 is 35.4 Å². The molecule has 29 heavy (non-hydrogen) atoms. The summed E-state index contributed by atoms with van der Waals surface area (Å²) < 4.78 is 5.73. The molecule has 0 saturated carbocycles. The smallest absolute Gasteiger partial charge is 0.250 e. The van der Waals surface area contributed by atoms with Crippen LogP contribution in [0.25, 0.3) is 17.4 Å². The van der Waals surface area contributed by atoms with Crippen LogP contribution in [0.1, 0.15) is 16.9 Å². The number of carbonyl (C=O) groups is 1. The molecule has 1 heterocycles. The number of benzene rings is 2. The van der Waals surface area contributed by atoms with Gasteiger partial charge in [0, 0.05) is 17.3 Å². The zero-order valence-corrected chi connectivity index (χ0v) is 18.1. The second-order valence-corrected chi connectivity index (χ2v) is 7.54. The van der Waals surface area contributed by atoms with Crippen molar-refractivity contribution >= 4 is 58.2 Å². The van der Waals surface area contributed by atoms with Crippen LogP contribution in [-0.4, -0.2) is 11.0 Å². The topological polar surface area (TPSA) is 54.3 Å². The fraction of sp³-hybridized carbons (Fsp3) is 0.0909. The highest BCUT2D eigenvalue weighted by Gasteiger charge is 2.11. The average Bonchev–Trinajstić information content (AvgIpc) is 3.14. The zero-order chi connectivity index (χ0) is 21.0. The van der Waals surface area contributed by atoms with Crippen molar-refractivity contribution in [1.29, 1.82) is 0 Å². The lowest BCUT2D eigenvalue weighted by atomic mass is 10.1. The molecule has 0 aliphatic carbocycles. The maximum absolute atomic E-state index is 12.2. The molecule has 1 amide bonds. The number of halogens is 2. The molecule has 0 fully saturated rings. The molecule has 3 aromatic rings. The van der Waals surface area contributed by atoms with Crippen LogP contribution in [-0.2, 0) is 4.79 Å². The molecule has 0 radical (unpaired) electrons. The minimum absolute atomic E-state index is 0.225. The Labute approximate surface area is 184 Å². The molecule has 4 nitrogen and oxygen atoms in total. The third kappa shape index (κ3) is 5.26. The van der Waals surface area contributed by atoms with Crippen LogP contribution in [0.3, 0.4) is 0 Å². The van der Waals surface area contributed by atoms with Gasteiger partial charge in [-0.2, -0.15) is 0 Å². The number of hydrogen-bond donors (Lipinski definition) is 2. The summed E-state index contributed by atoms with van der Waals surface area (Å²) in [5.41, 5.74) is 3.65. The first-order valence-corrected chi connectivity index (χ1v) is 9.92. The molecule has 0 spiro atoms. The van der Waals surface area contributed by atoms with Crippen molar-refractivity contribution in [2.45, 2.75) is 13.8 Å². The van der Waals surface area contributed by atoms with E-state index in [1.807, 2.05) is 38.1 Å². The lowest BCUT2D eigenvalue weighted by molar-refractivity contribution is -0.115. The Bertz CT molecular complexity index is 1090. The summed E-state index contributed by atoms with van der Waals surface area (Å²) in [6.45, 7) is 3.95. The third-order valence-corrected chi connectivity index (χ3v) is 5.22. The Hall–Kier alpha value is -2.60. The second-order valence-electron chi connectivity index (χ2n) is 6.35. The van der Waals surface area contributed by atoms with Crippen molar-refractivity contribution in [3.63, 3.8) is 0 Å². The zero-order valence-electron chi connectivity index (χ0n) is 15.8. The molecule has 3 rings (SSSR count). The Morgan fingerprint density at radius 3 is 2.45 bits per heavy atom. The van der Waals surface area contributed by atoms with Crippen molar-refractivity contribution in [1.82, 2.24) is 5.32 Å². The summed E-state index contributed by atoms with van der Waals surface area (Å²) in [7, 11) is 0.